The Morgan fingerprint density at radius 1 is 1.71 bits per heavy atom. The van der Waals surface area contributed by atoms with Gasteiger partial charge >= 0.3 is 0 Å². The molecule has 0 aliphatic carbocycles. The van der Waals surface area contributed by atoms with E-state index in [2.05, 4.69) is 5.16 Å². The van der Waals surface area contributed by atoms with Crippen molar-refractivity contribution < 1.29 is 9.32 Å². The van der Waals surface area contributed by atoms with Gasteiger partial charge in [-0.3, -0.25) is 4.79 Å². The summed E-state index contributed by atoms with van der Waals surface area (Å²) in [5, 5.41) is 3.84. The Hall–Kier alpha value is -1.32. The Kier molecular flexibility index (Phi) is 2.27. The first-order chi connectivity index (χ1) is 6.68. The molecule has 0 unspecified atom stereocenters. The molecule has 0 N–H and O–H groups in total. The lowest BCUT2D eigenvalue weighted by Gasteiger charge is -2.20. The third kappa shape index (κ3) is 1.52. The van der Waals surface area contributed by atoms with E-state index in [4.69, 9.17) is 4.52 Å². The summed E-state index contributed by atoms with van der Waals surface area (Å²) < 4.78 is 5.18. The fourth-order valence-electron chi connectivity index (χ4n) is 1.98. The van der Waals surface area contributed by atoms with Gasteiger partial charge in [-0.15, -0.1) is 0 Å². The molecule has 0 aromatic carbocycles. The van der Waals surface area contributed by atoms with Crippen LogP contribution >= 0.6 is 0 Å². The van der Waals surface area contributed by atoms with E-state index in [9.17, 15) is 4.79 Å². The molecule has 2 heterocycles. The topological polar surface area (TPSA) is 46.3 Å². The first-order valence-electron chi connectivity index (χ1n) is 4.89. The van der Waals surface area contributed by atoms with Gasteiger partial charge < -0.3 is 9.42 Å². The van der Waals surface area contributed by atoms with Gasteiger partial charge in [-0.05, 0) is 19.8 Å². The standard InChI is InChI=1S/C10H14N2O2/c1-7-6-10(14-11-7)9-4-3-5-12(9)8(2)13/h6,9H,3-5H2,1-2H3/t9-/m0/s1. The lowest BCUT2D eigenvalue weighted by Crippen LogP contribution is -2.27. The van der Waals surface area contributed by atoms with Gasteiger partial charge in [-0.25, -0.2) is 0 Å². The molecule has 1 aromatic rings. The van der Waals surface area contributed by atoms with E-state index < -0.39 is 0 Å². The van der Waals surface area contributed by atoms with Crippen molar-refractivity contribution in [2.45, 2.75) is 32.7 Å². The molecule has 1 aliphatic rings. The van der Waals surface area contributed by atoms with Crippen LogP contribution in [0.25, 0.3) is 0 Å². The number of aromatic nitrogens is 1. The number of aryl methyl sites for hydroxylation is 1. The maximum atomic E-state index is 11.3. The van der Waals surface area contributed by atoms with Crippen molar-refractivity contribution in [1.82, 2.24) is 10.1 Å². The molecule has 76 valence electrons. The quantitative estimate of drug-likeness (QED) is 0.683. The molecule has 0 radical (unpaired) electrons. The van der Waals surface area contributed by atoms with E-state index >= 15 is 0 Å². The number of carbonyl (C=O) groups is 1. The minimum atomic E-state index is 0.105. The Balaban J connectivity index is 2.21. The maximum absolute atomic E-state index is 11.3. The second-order valence-electron chi connectivity index (χ2n) is 3.74. The molecular formula is C10H14N2O2. The molecule has 1 fully saturated rings. The molecule has 1 saturated heterocycles. The van der Waals surface area contributed by atoms with Crippen molar-refractivity contribution >= 4 is 5.91 Å². The van der Waals surface area contributed by atoms with Gasteiger partial charge in [0.2, 0.25) is 5.91 Å². The molecule has 1 aliphatic heterocycles. The van der Waals surface area contributed by atoms with Crippen LogP contribution in [0.4, 0.5) is 0 Å². The van der Waals surface area contributed by atoms with Gasteiger partial charge in [0.05, 0.1) is 11.7 Å². The van der Waals surface area contributed by atoms with Crippen LogP contribution in [0, 0.1) is 6.92 Å². The van der Waals surface area contributed by atoms with Crippen LogP contribution in [0.2, 0.25) is 0 Å². The highest BCUT2D eigenvalue weighted by Crippen LogP contribution is 2.31. The summed E-state index contributed by atoms with van der Waals surface area (Å²) in [7, 11) is 0. The molecule has 1 aromatic heterocycles. The fraction of sp³-hybridized carbons (Fsp3) is 0.600. The lowest BCUT2D eigenvalue weighted by atomic mass is 10.1. The summed E-state index contributed by atoms with van der Waals surface area (Å²) in [6.45, 7) is 4.32. The van der Waals surface area contributed by atoms with Crippen molar-refractivity contribution in [3.63, 3.8) is 0 Å². The number of hydrogen-bond donors (Lipinski definition) is 0. The smallest absolute Gasteiger partial charge is 0.220 e. The lowest BCUT2D eigenvalue weighted by molar-refractivity contribution is -0.130. The fourth-order valence-corrected chi connectivity index (χ4v) is 1.98. The number of carbonyl (C=O) groups excluding carboxylic acids is 1. The highest BCUT2D eigenvalue weighted by atomic mass is 16.5. The summed E-state index contributed by atoms with van der Waals surface area (Å²) in [5.41, 5.74) is 0.871. The average molecular weight is 194 g/mol. The minimum absolute atomic E-state index is 0.105. The van der Waals surface area contributed by atoms with Gasteiger partial charge in [0, 0.05) is 19.5 Å². The molecule has 0 spiro atoms. The van der Waals surface area contributed by atoms with E-state index in [-0.39, 0.29) is 11.9 Å². The van der Waals surface area contributed by atoms with Crippen LogP contribution < -0.4 is 0 Å². The molecule has 0 bridgehead atoms. The zero-order valence-electron chi connectivity index (χ0n) is 8.49. The van der Waals surface area contributed by atoms with E-state index in [0.717, 1.165) is 30.8 Å². The summed E-state index contributed by atoms with van der Waals surface area (Å²) >= 11 is 0. The van der Waals surface area contributed by atoms with Crippen LogP contribution in [-0.2, 0) is 4.79 Å². The number of rotatable bonds is 1. The molecule has 4 nitrogen and oxygen atoms in total. The molecule has 2 rings (SSSR count). The van der Waals surface area contributed by atoms with Gasteiger partial charge in [0.25, 0.3) is 0 Å². The molecule has 0 saturated carbocycles. The molecule has 1 atom stereocenters. The summed E-state index contributed by atoms with van der Waals surface area (Å²) in [6, 6.07) is 2.01. The van der Waals surface area contributed by atoms with Crippen LogP contribution in [0.15, 0.2) is 10.6 Å². The molecule has 14 heavy (non-hydrogen) atoms. The summed E-state index contributed by atoms with van der Waals surface area (Å²) in [5.74, 6) is 0.928. The molecule has 1 amide bonds. The van der Waals surface area contributed by atoms with Crippen LogP contribution in [0.1, 0.15) is 37.3 Å². The Labute approximate surface area is 82.9 Å². The Bertz CT molecular complexity index is 346. The zero-order chi connectivity index (χ0) is 10.1. The number of amides is 1. The average Bonchev–Trinajstić information content (AvgIpc) is 2.70. The predicted molar refractivity (Wildman–Crippen MR) is 50.6 cm³/mol. The highest BCUT2D eigenvalue weighted by Gasteiger charge is 2.30. The second kappa shape index (κ2) is 3.44. The minimum Gasteiger partial charge on any atom is -0.359 e. The van der Waals surface area contributed by atoms with Crippen LogP contribution in [-0.4, -0.2) is 22.5 Å². The highest BCUT2D eigenvalue weighted by molar-refractivity contribution is 5.74. The van der Waals surface area contributed by atoms with Gasteiger partial charge in [0.1, 0.15) is 0 Å². The normalized spacial score (nSPS) is 21.6. The number of nitrogens with zero attached hydrogens (tertiary/aromatic N) is 2. The first-order valence-corrected chi connectivity index (χ1v) is 4.89. The monoisotopic (exact) mass is 194 g/mol. The predicted octanol–water partition coefficient (Wildman–Crippen LogP) is 1.67. The van der Waals surface area contributed by atoms with E-state index in [1.807, 2.05) is 17.9 Å². The van der Waals surface area contributed by atoms with Crippen molar-refractivity contribution in [2.75, 3.05) is 6.54 Å². The van der Waals surface area contributed by atoms with Gasteiger partial charge in [-0.1, -0.05) is 5.16 Å². The number of likely N-dealkylation sites (tertiary alicyclic amines) is 1. The Morgan fingerprint density at radius 2 is 2.50 bits per heavy atom. The van der Waals surface area contributed by atoms with Crippen molar-refractivity contribution in [3.05, 3.63) is 17.5 Å². The van der Waals surface area contributed by atoms with Crippen LogP contribution in [0.5, 0.6) is 0 Å². The number of hydrogen-bond acceptors (Lipinski definition) is 3. The van der Waals surface area contributed by atoms with Crippen molar-refractivity contribution in [2.24, 2.45) is 0 Å². The van der Waals surface area contributed by atoms with E-state index in [1.54, 1.807) is 6.92 Å². The third-order valence-corrected chi connectivity index (χ3v) is 2.63. The third-order valence-electron chi connectivity index (χ3n) is 2.63. The maximum Gasteiger partial charge on any atom is 0.220 e. The van der Waals surface area contributed by atoms with Gasteiger partial charge in [0.15, 0.2) is 5.76 Å². The summed E-state index contributed by atoms with van der Waals surface area (Å²) in [4.78, 5) is 13.1. The summed E-state index contributed by atoms with van der Waals surface area (Å²) in [6.07, 6.45) is 2.03. The molecule has 4 heteroatoms. The SMILES string of the molecule is CC(=O)N1CCC[C@H]1c1cc(C)no1. The first kappa shape index (κ1) is 9.24. The largest absolute Gasteiger partial charge is 0.359 e. The van der Waals surface area contributed by atoms with Crippen LogP contribution in [0.3, 0.4) is 0 Å². The zero-order valence-corrected chi connectivity index (χ0v) is 8.49. The van der Waals surface area contributed by atoms with Crippen molar-refractivity contribution in [3.8, 4) is 0 Å². The second-order valence-corrected chi connectivity index (χ2v) is 3.74. The van der Waals surface area contributed by atoms with E-state index in [0.29, 0.717) is 0 Å². The van der Waals surface area contributed by atoms with E-state index in [1.165, 1.54) is 0 Å². The molecular weight excluding hydrogens is 180 g/mol. The van der Waals surface area contributed by atoms with Crippen molar-refractivity contribution in [1.29, 1.82) is 0 Å². The van der Waals surface area contributed by atoms with Gasteiger partial charge in [-0.2, -0.15) is 0 Å². The Morgan fingerprint density at radius 3 is 3.07 bits per heavy atom.